The van der Waals surface area contributed by atoms with E-state index in [4.69, 9.17) is 0 Å². The van der Waals surface area contributed by atoms with Gasteiger partial charge < -0.3 is 4.90 Å². The summed E-state index contributed by atoms with van der Waals surface area (Å²) in [7, 11) is 0. The molecule has 0 amide bonds. The van der Waals surface area contributed by atoms with Crippen LogP contribution >= 0.6 is 0 Å². The molecule has 0 N–H and O–H groups in total. The van der Waals surface area contributed by atoms with Gasteiger partial charge in [0.05, 0.1) is 17.4 Å². The van der Waals surface area contributed by atoms with Crippen LogP contribution in [-0.4, -0.2) is 32.6 Å². The highest BCUT2D eigenvalue weighted by atomic mass is 19.3. The number of hydrogen-bond acceptors (Lipinski definition) is 4. The maximum Gasteiger partial charge on any atom is 0.257 e. The van der Waals surface area contributed by atoms with Crippen LogP contribution in [0.4, 0.5) is 33.5 Å². The quantitative estimate of drug-likeness (QED) is 0.259. The Morgan fingerprint density at radius 1 is 1.11 bits per heavy atom. The summed E-state index contributed by atoms with van der Waals surface area (Å²) in [5.74, 6) is 2.98. The van der Waals surface area contributed by atoms with Crippen molar-refractivity contribution in [3.8, 4) is 11.8 Å². The Bertz CT molecular complexity index is 1510. The fourth-order valence-electron chi connectivity index (χ4n) is 4.17. The molecule has 0 saturated heterocycles. The highest BCUT2D eigenvalue weighted by molar-refractivity contribution is 5.94. The summed E-state index contributed by atoms with van der Waals surface area (Å²) < 4.78 is 72.8. The van der Waals surface area contributed by atoms with Gasteiger partial charge in [-0.25, -0.2) is 22.0 Å². The summed E-state index contributed by atoms with van der Waals surface area (Å²) >= 11 is 0. The first-order valence-corrected chi connectivity index (χ1v) is 11.1. The topological polar surface area (TPSA) is 46.3 Å². The van der Waals surface area contributed by atoms with Gasteiger partial charge in [-0.1, -0.05) is 18.8 Å². The molecule has 0 spiro atoms. The van der Waals surface area contributed by atoms with Crippen LogP contribution in [-0.2, 0) is 0 Å². The molecular formula is C25H20F5N5. The predicted molar refractivity (Wildman–Crippen MR) is 121 cm³/mol. The molecular weight excluding hydrogens is 465 g/mol. The van der Waals surface area contributed by atoms with Crippen LogP contribution in [0.25, 0.3) is 16.7 Å². The van der Waals surface area contributed by atoms with E-state index in [1.807, 2.05) is 6.92 Å². The molecule has 1 aliphatic rings. The van der Waals surface area contributed by atoms with Crippen molar-refractivity contribution < 1.29 is 22.0 Å². The first-order valence-electron chi connectivity index (χ1n) is 11.1. The number of alkyl halides is 2. The lowest BCUT2D eigenvalue weighted by molar-refractivity contribution is 0.158. The van der Waals surface area contributed by atoms with Gasteiger partial charge in [-0.05, 0) is 56.5 Å². The van der Waals surface area contributed by atoms with Crippen molar-refractivity contribution in [3.05, 3.63) is 59.2 Å². The smallest absolute Gasteiger partial charge is 0.257 e. The number of anilines is 2. The molecule has 0 unspecified atom stereocenters. The number of aromatic nitrogens is 4. The number of halogens is 5. The molecule has 0 radical (unpaired) electrons. The predicted octanol–water partition coefficient (Wildman–Crippen LogP) is 5.95. The molecule has 180 valence electrons. The van der Waals surface area contributed by atoms with Crippen LogP contribution < -0.4 is 4.90 Å². The van der Waals surface area contributed by atoms with Gasteiger partial charge in [0.15, 0.2) is 11.6 Å². The Kier molecular flexibility index (Phi) is 5.58. The molecule has 2 heterocycles. The number of fused-ring (bicyclic) bond motifs is 3. The van der Waals surface area contributed by atoms with Gasteiger partial charge in [0.2, 0.25) is 0 Å². The largest absolute Gasteiger partial charge is 0.320 e. The molecule has 35 heavy (non-hydrogen) atoms. The van der Waals surface area contributed by atoms with Gasteiger partial charge in [-0.15, -0.1) is 10.2 Å². The van der Waals surface area contributed by atoms with Gasteiger partial charge in [-0.2, -0.15) is 4.98 Å². The highest BCUT2D eigenvalue weighted by Crippen LogP contribution is 2.48. The number of benzene rings is 2. The van der Waals surface area contributed by atoms with E-state index in [-0.39, 0.29) is 39.2 Å². The summed E-state index contributed by atoms with van der Waals surface area (Å²) in [6.07, 6.45) is -0.131. The third-order valence-corrected chi connectivity index (χ3v) is 6.32. The fourth-order valence-corrected chi connectivity index (χ4v) is 4.17. The summed E-state index contributed by atoms with van der Waals surface area (Å²) in [5, 5.41) is 7.48. The summed E-state index contributed by atoms with van der Waals surface area (Å²) in [6.45, 7) is 2.67. The Hall–Kier alpha value is -3.74. The van der Waals surface area contributed by atoms with Crippen LogP contribution in [0.2, 0.25) is 0 Å². The molecule has 5 nitrogen and oxygen atoms in total. The lowest BCUT2D eigenvalue weighted by Crippen LogP contribution is -2.26. The second-order valence-corrected chi connectivity index (χ2v) is 8.66. The zero-order valence-electron chi connectivity index (χ0n) is 18.9. The van der Waals surface area contributed by atoms with Crippen LogP contribution in [0.15, 0.2) is 30.3 Å². The van der Waals surface area contributed by atoms with Gasteiger partial charge in [0.1, 0.15) is 17.5 Å². The fraction of sp³-hybridized carbons (Fsp3) is 0.320. The minimum absolute atomic E-state index is 0.00492. The van der Waals surface area contributed by atoms with E-state index < -0.39 is 30.4 Å². The molecule has 0 aliphatic heterocycles. The average Bonchev–Trinajstić information content (AvgIpc) is 3.52. The number of hydrogen-bond donors (Lipinski definition) is 0. The van der Waals surface area contributed by atoms with Crippen LogP contribution in [0.3, 0.4) is 0 Å². The third kappa shape index (κ3) is 4.16. The molecule has 10 heteroatoms. The maximum atomic E-state index is 15.1. The normalized spacial score (nSPS) is 14.4. The van der Waals surface area contributed by atoms with Crippen molar-refractivity contribution in [2.75, 3.05) is 11.4 Å². The zero-order chi connectivity index (χ0) is 24.9. The molecule has 0 atom stereocenters. The highest BCUT2D eigenvalue weighted by Gasteiger charge is 2.38. The lowest BCUT2D eigenvalue weighted by atomic mass is 10.0. The Morgan fingerprint density at radius 3 is 2.57 bits per heavy atom. The Morgan fingerprint density at radius 2 is 1.89 bits per heavy atom. The van der Waals surface area contributed by atoms with Crippen molar-refractivity contribution in [2.24, 2.45) is 5.41 Å². The number of rotatable bonds is 5. The second kappa shape index (κ2) is 8.48. The minimum Gasteiger partial charge on any atom is -0.320 e. The first kappa shape index (κ1) is 23.0. The maximum absolute atomic E-state index is 15.1. The molecule has 4 aromatic rings. The van der Waals surface area contributed by atoms with Crippen LogP contribution in [0.5, 0.6) is 0 Å². The van der Waals surface area contributed by atoms with Gasteiger partial charge in [0, 0.05) is 16.7 Å². The minimum atomic E-state index is -2.90. The van der Waals surface area contributed by atoms with Gasteiger partial charge in [0.25, 0.3) is 12.2 Å². The van der Waals surface area contributed by atoms with Crippen molar-refractivity contribution in [2.45, 2.75) is 39.5 Å². The third-order valence-electron chi connectivity index (χ3n) is 6.32. The molecule has 1 aliphatic carbocycles. The molecule has 2 aromatic carbocycles. The van der Waals surface area contributed by atoms with Crippen LogP contribution in [0.1, 0.15) is 37.6 Å². The Balaban J connectivity index is 1.74. The molecule has 2 aromatic heterocycles. The molecule has 1 saturated carbocycles. The van der Waals surface area contributed by atoms with Crippen molar-refractivity contribution in [3.63, 3.8) is 0 Å². The summed E-state index contributed by atoms with van der Waals surface area (Å²) in [4.78, 5) is 5.20. The first-order chi connectivity index (χ1) is 16.7. The van der Waals surface area contributed by atoms with E-state index in [1.54, 1.807) is 6.92 Å². The summed E-state index contributed by atoms with van der Waals surface area (Å²) in [5.41, 5.74) is 0.313. The molecule has 1 fully saturated rings. The molecule has 0 bridgehead atoms. The van der Waals surface area contributed by atoms with Crippen molar-refractivity contribution in [1.82, 2.24) is 19.6 Å². The molecule has 5 rings (SSSR count). The van der Waals surface area contributed by atoms with E-state index >= 15 is 4.39 Å². The summed E-state index contributed by atoms with van der Waals surface area (Å²) in [6, 6.07) is 5.90. The Labute approximate surface area is 197 Å². The average molecular weight is 485 g/mol. The standard InChI is InChI=1S/C25H20F5N5/c1-3-25(8-9-25)7-6-15-10-16(26)12-17(11-15)34(13-20(28)29)23-21-19(5-4-18(27)22(21)30)35-14(2)32-33-24(35)31-23/h4-5,10-12,20H,3,8-9,13H2,1-2H3. The SMILES string of the molecule is CCC1(C#Cc2cc(F)cc(N(CC(F)F)c3nc4nnc(C)n4c4ccc(F)c(F)c34)c2)CC1. The number of aryl methyl sites for hydroxylation is 1. The van der Waals surface area contributed by atoms with Gasteiger partial charge in [-0.3, -0.25) is 4.40 Å². The van der Waals surface area contributed by atoms with E-state index in [9.17, 15) is 17.6 Å². The van der Waals surface area contributed by atoms with Gasteiger partial charge >= 0.3 is 0 Å². The van der Waals surface area contributed by atoms with Crippen molar-refractivity contribution in [1.29, 1.82) is 0 Å². The van der Waals surface area contributed by atoms with E-state index in [1.165, 1.54) is 22.6 Å². The second-order valence-electron chi connectivity index (χ2n) is 8.66. The van der Waals surface area contributed by atoms with Crippen molar-refractivity contribution >= 4 is 28.2 Å². The van der Waals surface area contributed by atoms with E-state index in [0.717, 1.165) is 36.3 Å². The van der Waals surface area contributed by atoms with E-state index in [2.05, 4.69) is 27.0 Å². The number of nitrogens with zero attached hydrogens (tertiary/aromatic N) is 5. The van der Waals surface area contributed by atoms with Crippen LogP contribution in [0, 0.1) is 41.6 Å². The zero-order valence-corrected chi connectivity index (χ0v) is 18.9. The lowest BCUT2D eigenvalue weighted by Gasteiger charge is -2.25. The van der Waals surface area contributed by atoms with E-state index in [0.29, 0.717) is 5.82 Å². The monoisotopic (exact) mass is 485 g/mol.